The molecule has 0 unspecified atom stereocenters. The zero-order valence-electron chi connectivity index (χ0n) is 14.5. The van der Waals surface area contributed by atoms with Crippen LogP contribution < -0.4 is 10.9 Å². The maximum atomic E-state index is 12.7. The van der Waals surface area contributed by atoms with E-state index in [1.54, 1.807) is 24.3 Å². The van der Waals surface area contributed by atoms with Crippen molar-refractivity contribution in [3.05, 3.63) is 46.3 Å². The van der Waals surface area contributed by atoms with Gasteiger partial charge in [-0.15, -0.1) is 0 Å². The largest absolute Gasteiger partial charge is 0.422 e. The summed E-state index contributed by atoms with van der Waals surface area (Å²) >= 11 is 0.988. The second kappa shape index (κ2) is 7.19. The molecular formula is C19H18N2O5S. The molecule has 1 N–H and O–H groups in total. The fourth-order valence-corrected chi connectivity index (χ4v) is 4.50. The smallest absolute Gasteiger partial charge is 0.349 e. The maximum absolute atomic E-state index is 12.7. The third kappa shape index (κ3) is 3.37. The van der Waals surface area contributed by atoms with Gasteiger partial charge in [-0.3, -0.25) is 19.3 Å². The number of imide groups is 1. The van der Waals surface area contributed by atoms with Crippen molar-refractivity contribution in [2.75, 3.05) is 5.75 Å². The number of carbonyl (C=O) groups is 3. The average molecular weight is 386 g/mol. The standard InChI is InChI=1S/C19H18N2O5S/c22-16-10-27-19(25)21(16)14-7-3-2-6-13(14)20-17(23)12-9-11-5-1-4-8-15(11)26-18(12)24/h1,4-5,8-9,13-14H,2-3,6-7,10H2,(H,20,23)/t13-,14+/m1/s1. The molecule has 27 heavy (non-hydrogen) atoms. The van der Waals surface area contributed by atoms with E-state index in [0.717, 1.165) is 24.6 Å². The number of nitrogens with zero attached hydrogens (tertiary/aromatic N) is 1. The van der Waals surface area contributed by atoms with Crippen LogP contribution in [-0.2, 0) is 4.79 Å². The first-order chi connectivity index (χ1) is 13.0. The number of hydrogen-bond donors (Lipinski definition) is 1. The second-order valence-electron chi connectivity index (χ2n) is 6.74. The third-order valence-electron chi connectivity index (χ3n) is 5.05. The van der Waals surface area contributed by atoms with Crippen LogP contribution in [0.4, 0.5) is 4.79 Å². The van der Waals surface area contributed by atoms with E-state index in [2.05, 4.69) is 5.32 Å². The first-order valence-corrected chi connectivity index (χ1v) is 9.86. The summed E-state index contributed by atoms with van der Waals surface area (Å²) in [5.74, 6) is -0.621. The van der Waals surface area contributed by atoms with E-state index in [1.165, 1.54) is 11.0 Å². The fraction of sp³-hybridized carbons (Fsp3) is 0.368. The molecule has 4 rings (SSSR count). The number of thioether (sulfide) groups is 1. The molecule has 1 aromatic heterocycles. The van der Waals surface area contributed by atoms with E-state index in [9.17, 15) is 19.2 Å². The molecule has 0 spiro atoms. The van der Waals surface area contributed by atoms with Crippen molar-refractivity contribution in [1.29, 1.82) is 0 Å². The Labute approximate surface area is 159 Å². The summed E-state index contributed by atoms with van der Waals surface area (Å²) in [6.45, 7) is 0. The number of amides is 3. The number of benzene rings is 1. The van der Waals surface area contributed by atoms with Crippen molar-refractivity contribution < 1.29 is 18.8 Å². The Hall–Kier alpha value is -2.61. The van der Waals surface area contributed by atoms with Gasteiger partial charge in [0.05, 0.1) is 17.8 Å². The van der Waals surface area contributed by atoms with E-state index < -0.39 is 11.5 Å². The third-order valence-corrected chi connectivity index (χ3v) is 5.88. The van der Waals surface area contributed by atoms with Crippen LogP contribution >= 0.6 is 11.8 Å². The van der Waals surface area contributed by atoms with Crippen LogP contribution in [0.5, 0.6) is 0 Å². The van der Waals surface area contributed by atoms with Gasteiger partial charge in [-0.1, -0.05) is 42.8 Å². The van der Waals surface area contributed by atoms with Gasteiger partial charge in [0.25, 0.3) is 11.1 Å². The number of hydrogen-bond acceptors (Lipinski definition) is 6. The molecule has 0 bridgehead atoms. The van der Waals surface area contributed by atoms with E-state index in [-0.39, 0.29) is 34.5 Å². The second-order valence-corrected chi connectivity index (χ2v) is 7.66. The molecule has 2 aliphatic rings. The van der Waals surface area contributed by atoms with Crippen molar-refractivity contribution in [3.63, 3.8) is 0 Å². The first kappa shape index (κ1) is 17.8. The zero-order chi connectivity index (χ0) is 19.0. The summed E-state index contributed by atoms with van der Waals surface area (Å²) in [6, 6.07) is 7.74. The van der Waals surface area contributed by atoms with Crippen LogP contribution in [0.25, 0.3) is 11.0 Å². The lowest BCUT2D eigenvalue weighted by molar-refractivity contribution is -0.127. The molecule has 1 saturated heterocycles. The summed E-state index contributed by atoms with van der Waals surface area (Å²) in [5, 5.41) is 3.24. The number of carbonyl (C=O) groups excluding carboxylic acids is 3. The van der Waals surface area contributed by atoms with Crippen LogP contribution in [0.1, 0.15) is 36.0 Å². The maximum Gasteiger partial charge on any atom is 0.349 e. The van der Waals surface area contributed by atoms with Crippen LogP contribution in [0.15, 0.2) is 39.5 Å². The normalized spacial score (nSPS) is 23.0. The molecule has 1 saturated carbocycles. The number of nitrogens with one attached hydrogen (secondary N) is 1. The van der Waals surface area contributed by atoms with Crippen LogP contribution in [-0.4, -0.2) is 39.8 Å². The van der Waals surface area contributed by atoms with Crippen molar-refractivity contribution >= 4 is 39.8 Å². The average Bonchev–Trinajstić information content (AvgIpc) is 3.00. The van der Waals surface area contributed by atoms with Gasteiger partial charge in [0, 0.05) is 5.39 Å². The molecule has 1 aliphatic carbocycles. The lowest BCUT2D eigenvalue weighted by atomic mass is 9.89. The predicted octanol–water partition coefficient (Wildman–Crippen LogP) is 2.53. The van der Waals surface area contributed by atoms with Gasteiger partial charge in [-0.2, -0.15) is 0 Å². The summed E-state index contributed by atoms with van der Waals surface area (Å²) < 4.78 is 5.23. The van der Waals surface area contributed by atoms with Crippen molar-refractivity contribution in [3.8, 4) is 0 Å². The fourth-order valence-electron chi connectivity index (χ4n) is 3.74. The van der Waals surface area contributed by atoms with Crippen LogP contribution in [0, 0.1) is 0 Å². The molecule has 1 aromatic carbocycles. The Morgan fingerprint density at radius 3 is 2.70 bits per heavy atom. The summed E-state index contributed by atoms with van der Waals surface area (Å²) in [7, 11) is 0. The molecule has 0 radical (unpaired) electrons. The van der Waals surface area contributed by atoms with Crippen molar-refractivity contribution in [2.24, 2.45) is 0 Å². The Bertz CT molecular complexity index is 969. The Morgan fingerprint density at radius 1 is 1.15 bits per heavy atom. The molecule has 2 atom stereocenters. The minimum atomic E-state index is -0.706. The molecule has 7 nitrogen and oxygen atoms in total. The lowest BCUT2D eigenvalue weighted by Gasteiger charge is -2.36. The van der Waals surface area contributed by atoms with E-state index in [4.69, 9.17) is 4.42 Å². The van der Waals surface area contributed by atoms with E-state index >= 15 is 0 Å². The lowest BCUT2D eigenvalue weighted by Crippen LogP contribution is -2.55. The molecule has 1 aliphatic heterocycles. The molecule has 8 heteroatoms. The van der Waals surface area contributed by atoms with Gasteiger partial charge in [-0.25, -0.2) is 4.79 Å². The highest BCUT2D eigenvalue weighted by Gasteiger charge is 2.41. The summed E-state index contributed by atoms with van der Waals surface area (Å²) in [4.78, 5) is 50.4. The molecule has 2 aromatic rings. The molecule has 2 fully saturated rings. The summed E-state index contributed by atoms with van der Waals surface area (Å²) in [6.07, 6.45) is 3.07. The van der Waals surface area contributed by atoms with E-state index in [0.29, 0.717) is 23.8 Å². The summed E-state index contributed by atoms with van der Waals surface area (Å²) in [5.41, 5.74) is -0.367. The molecular weight excluding hydrogens is 368 g/mol. The van der Waals surface area contributed by atoms with Crippen molar-refractivity contribution in [1.82, 2.24) is 10.2 Å². The molecule has 3 amide bonds. The van der Waals surface area contributed by atoms with E-state index in [1.807, 2.05) is 0 Å². The van der Waals surface area contributed by atoms with Crippen LogP contribution in [0.2, 0.25) is 0 Å². The highest BCUT2D eigenvalue weighted by Crippen LogP contribution is 2.30. The topological polar surface area (TPSA) is 96.7 Å². The van der Waals surface area contributed by atoms with Gasteiger partial charge in [0.15, 0.2) is 0 Å². The Kier molecular flexibility index (Phi) is 4.73. The van der Waals surface area contributed by atoms with Crippen LogP contribution in [0.3, 0.4) is 0 Å². The van der Waals surface area contributed by atoms with Gasteiger partial charge in [0.2, 0.25) is 5.91 Å². The number of rotatable bonds is 3. The monoisotopic (exact) mass is 386 g/mol. The number of para-hydroxylation sites is 1. The van der Waals surface area contributed by atoms with Gasteiger partial charge in [0.1, 0.15) is 11.1 Å². The number of fused-ring (bicyclic) bond motifs is 1. The zero-order valence-corrected chi connectivity index (χ0v) is 15.3. The Morgan fingerprint density at radius 2 is 1.93 bits per heavy atom. The highest BCUT2D eigenvalue weighted by molar-refractivity contribution is 8.14. The van der Waals surface area contributed by atoms with Gasteiger partial charge in [-0.05, 0) is 25.0 Å². The Balaban J connectivity index is 1.59. The van der Waals surface area contributed by atoms with Gasteiger partial charge < -0.3 is 9.73 Å². The highest BCUT2D eigenvalue weighted by atomic mass is 32.2. The minimum Gasteiger partial charge on any atom is -0.422 e. The predicted molar refractivity (Wildman–Crippen MR) is 101 cm³/mol. The van der Waals surface area contributed by atoms with Crippen molar-refractivity contribution in [2.45, 2.75) is 37.8 Å². The minimum absolute atomic E-state index is 0.0773. The SMILES string of the molecule is O=C(N[C@@H]1CCCC[C@@H]1N1C(=O)CSC1=O)c1cc2ccccc2oc1=O. The van der Waals surface area contributed by atoms with Gasteiger partial charge >= 0.3 is 5.63 Å². The molecule has 140 valence electrons. The molecule has 2 heterocycles. The first-order valence-electron chi connectivity index (χ1n) is 8.87. The quantitative estimate of drug-likeness (QED) is 0.815.